The molecule has 1 aliphatic rings. The van der Waals surface area contributed by atoms with Crippen LogP contribution in [0.1, 0.15) is 57.9 Å². The zero-order chi connectivity index (χ0) is 15.5. The van der Waals surface area contributed by atoms with Gasteiger partial charge in [-0.05, 0) is 60.4 Å². The van der Waals surface area contributed by atoms with Gasteiger partial charge in [0.15, 0.2) is 12.2 Å². The van der Waals surface area contributed by atoms with E-state index < -0.39 is 0 Å². The molecule has 1 heterocycles. The molecule has 1 N–H and O–H groups in total. The second-order valence-corrected chi connectivity index (χ2v) is 6.78. The summed E-state index contributed by atoms with van der Waals surface area (Å²) in [4.78, 5) is 9.85. The molecule has 5 nitrogen and oxygen atoms in total. The van der Waals surface area contributed by atoms with E-state index in [2.05, 4.69) is 15.5 Å². The maximum Gasteiger partial charge on any atom is 0.181 e. The van der Waals surface area contributed by atoms with Crippen molar-refractivity contribution >= 4 is 5.71 Å². The highest BCUT2D eigenvalue weighted by Crippen LogP contribution is 2.29. The van der Waals surface area contributed by atoms with E-state index in [-0.39, 0.29) is 5.60 Å². The van der Waals surface area contributed by atoms with Crippen LogP contribution >= 0.6 is 0 Å². The first kappa shape index (κ1) is 16.0. The average molecular weight is 293 g/mol. The topological polar surface area (TPSA) is 59.7 Å². The first-order chi connectivity index (χ1) is 9.90. The van der Waals surface area contributed by atoms with Gasteiger partial charge >= 0.3 is 0 Å². The van der Waals surface area contributed by atoms with Crippen molar-refractivity contribution in [3.05, 3.63) is 17.8 Å². The van der Waals surface area contributed by atoms with Crippen LogP contribution in [0.3, 0.4) is 0 Å². The number of nitrogens with zero attached hydrogens (tertiary/aromatic N) is 2. The van der Waals surface area contributed by atoms with Gasteiger partial charge in [0.1, 0.15) is 11.3 Å². The van der Waals surface area contributed by atoms with Gasteiger partial charge in [-0.25, -0.2) is 4.98 Å². The molecule has 5 heteroatoms. The zero-order valence-corrected chi connectivity index (χ0v) is 13.8. The van der Waals surface area contributed by atoms with E-state index in [0.29, 0.717) is 12.0 Å². The van der Waals surface area contributed by atoms with Crippen molar-refractivity contribution in [3.63, 3.8) is 0 Å². The molecule has 21 heavy (non-hydrogen) atoms. The van der Waals surface area contributed by atoms with E-state index in [4.69, 9.17) is 9.25 Å². The summed E-state index contributed by atoms with van der Waals surface area (Å²) >= 11 is 0. The van der Waals surface area contributed by atoms with E-state index in [1.165, 1.54) is 6.39 Å². The lowest BCUT2D eigenvalue weighted by Crippen LogP contribution is -2.33. The van der Waals surface area contributed by atoms with Crippen LogP contribution in [0.25, 0.3) is 0 Å². The van der Waals surface area contributed by atoms with E-state index in [0.717, 1.165) is 42.8 Å². The van der Waals surface area contributed by atoms with E-state index >= 15 is 0 Å². The molecule has 1 aliphatic carbocycles. The molecule has 0 aromatic carbocycles. The van der Waals surface area contributed by atoms with Gasteiger partial charge in [0.25, 0.3) is 0 Å². The van der Waals surface area contributed by atoms with Gasteiger partial charge in [0.2, 0.25) is 0 Å². The van der Waals surface area contributed by atoms with Crippen molar-refractivity contribution < 1.29 is 9.25 Å². The maximum absolute atomic E-state index is 5.66. The Labute approximate surface area is 127 Å². The third-order valence-corrected chi connectivity index (χ3v) is 3.92. The van der Waals surface area contributed by atoms with Crippen LogP contribution in [0.4, 0.5) is 0 Å². The SMILES string of the molecule is CNC1CCC(/C(=N/OC(C)(C)C)c2ocnc2C)CC1. The van der Waals surface area contributed by atoms with Gasteiger partial charge in [0.05, 0.1) is 5.69 Å². The summed E-state index contributed by atoms with van der Waals surface area (Å²) in [6.45, 7) is 7.95. The first-order valence-corrected chi connectivity index (χ1v) is 7.74. The molecule has 0 spiro atoms. The van der Waals surface area contributed by atoms with Crippen molar-refractivity contribution in [3.8, 4) is 0 Å². The van der Waals surface area contributed by atoms with Crippen LogP contribution < -0.4 is 5.32 Å². The maximum atomic E-state index is 5.66. The number of nitrogens with one attached hydrogen (secondary N) is 1. The molecule has 1 saturated carbocycles. The monoisotopic (exact) mass is 293 g/mol. The van der Waals surface area contributed by atoms with Gasteiger partial charge in [-0.1, -0.05) is 5.16 Å². The highest BCUT2D eigenvalue weighted by molar-refractivity contribution is 6.00. The third kappa shape index (κ3) is 4.30. The summed E-state index contributed by atoms with van der Waals surface area (Å²) in [5, 5.41) is 7.79. The molecular formula is C16H27N3O2. The van der Waals surface area contributed by atoms with Crippen LogP contribution in [0, 0.1) is 12.8 Å². The molecule has 0 bridgehead atoms. The number of rotatable bonds is 4. The molecule has 2 rings (SSSR count). The fourth-order valence-corrected chi connectivity index (χ4v) is 2.69. The lowest BCUT2D eigenvalue weighted by atomic mass is 9.82. The molecule has 0 radical (unpaired) electrons. The number of aryl methyl sites for hydroxylation is 1. The minimum absolute atomic E-state index is 0.304. The minimum atomic E-state index is -0.304. The van der Waals surface area contributed by atoms with Gasteiger partial charge in [-0.3, -0.25) is 0 Å². The van der Waals surface area contributed by atoms with E-state index in [1.807, 2.05) is 34.7 Å². The largest absolute Gasteiger partial charge is 0.442 e. The molecule has 0 atom stereocenters. The fraction of sp³-hybridized carbons (Fsp3) is 0.750. The second-order valence-electron chi connectivity index (χ2n) is 6.78. The Morgan fingerprint density at radius 1 is 1.33 bits per heavy atom. The summed E-state index contributed by atoms with van der Waals surface area (Å²) < 4.78 is 5.56. The van der Waals surface area contributed by atoms with Crippen molar-refractivity contribution in [2.75, 3.05) is 7.05 Å². The molecule has 1 aromatic heterocycles. The Hall–Kier alpha value is -1.36. The summed E-state index contributed by atoms with van der Waals surface area (Å²) in [5.74, 6) is 1.15. The number of oxime groups is 1. The van der Waals surface area contributed by atoms with Crippen molar-refractivity contribution in [2.45, 2.75) is 65.0 Å². The van der Waals surface area contributed by atoms with Gasteiger partial charge in [-0.2, -0.15) is 0 Å². The first-order valence-electron chi connectivity index (χ1n) is 7.74. The lowest BCUT2D eigenvalue weighted by Gasteiger charge is -2.28. The van der Waals surface area contributed by atoms with Crippen LogP contribution in [-0.4, -0.2) is 29.4 Å². The zero-order valence-electron chi connectivity index (χ0n) is 13.8. The number of hydrogen-bond acceptors (Lipinski definition) is 5. The molecule has 1 aromatic rings. The molecular weight excluding hydrogens is 266 g/mol. The molecule has 0 amide bonds. The second kappa shape index (κ2) is 6.60. The quantitative estimate of drug-likeness (QED) is 0.683. The van der Waals surface area contributed by atoms with Crippen LogP contribution in [-0.2, 0) is 4.84 Å². The molecule has 0 saturated heterocycles. The van der Waals surface area contributed by atoms with Crippen LogP contribution in [0.5, 0.6) is 0 Å². The smallest absolute Gasteiger partial charge is 0.181 e. The highest BCUT2D eigenvalue weighted by atomic mass is 16.6. The van der Waals surface area contributed by atoms with Crippen molar-refractivity contribution in [1.29, 1.82) is 0 Å². The van der Waals surface area contributed by atoms with Gasteiger partial charge in [0, 0.05) is 12.0 Å². The van der Waals surface area contributed by atoms with Gasteiger partial charge < -0.3 is 14.6 Å². The predicted molar refractivity (Wildman–Crippen MR) is 83.4 cm³/mol. The molecule has 0 aliphatic heterocycles. The summed E-state index contributed by atoms with van der Waals surface area (Å²) in [6, 6.07) is 0.613. The van der Waals surface area contributed by atoms with Crippen LogP contribution in [0.2, 0.25) is 0 Å². The Morgan fingerprint density at radius 3 is 2.48 bits per heavy atom. The molecule has 1 fully saturated rings. The molecule has 0 unspecified atom stereocenters. The van der Waals surface area contributed by atoms with E-state index in [9.17, 15) is 0 Å². The number of aromatic nitrogens is 1. The lowest BCUT2D eigenvalue weighted by molar-refractivity contribution is -0.000269. The highest BCUT2D eigenvalue weighted by Gasteiger charge is 2.29. The Balaban J connectivity index is 2.19. The minimum Gasteiger partial charge on any atom is -0.442 e. The predicted octanol–water partition coefficient (Wildman–Crippen LogP) is 3.28. The number of oxazole rings is 1. The average Bonchev–Trinajstić information content (AvgIpc) is 2.85. The third-order valence-electron chi connectivity index (χ3n) is 3.92. The standard InChI is InChI=1S/C16H27N3O2/c1-11-15(20-10-18-11)14(19-21-16(2,3)4)12-6-8-13(17-5)9-7-12/h10,12-13,17H,6-9H2,1-5H3/b19-14-. The summed E-state index contributed by atoms with van der Waals surface area (Å²) in [6.07, 6.45) is 5.98. The summed E-state index contributed by atoms with van der Waals surface area (Å²) in [5.41, 5.74) is 1.48. The van der Waals surface area contributed by atoms with Crippen LogP contribution in [0.15, 0.2) is 16.0 Å². The normalized spacial score (nSPS) is 24.1. The Bertz CT molecular complexity index is 480. The van der Waals surface area contributed by atoms with Gasteiger partial charge in [-0.15, -0.1) is 0 Å². The summed E-state index contributed by atoms with van der Waals surface area (Å²) in [7, 11) is 2.03. The Kier molecular flexibility index (Phi) is 5.04. The molecule has 118 valence electrons. The van der Waals surface area contributed by atoms with E-state index in [1.54, 1.807) is 0 Å². The van der Waals surface area contributed by atoms with Crippen molar-refractivity contribution in [2.24, 2.45) is 11.1 Å². The fourth-order valence-electron chi connectivity index (χ4n) is 2.69. The number of hydrogen-bond donors (Lipinski definition) is 1. The Morgan fingerprint density at radius 2 is 2.00 bits per heavy atom. The van der Waals surface area contributed by atoms with Crippen molar-refractivity contribution in [1.82, 2.24) is 10.3 Å².